The number of benzene rings is 1. The fraction of sp³-hybridized carbons (Fsp3) is 0.0769. The maximum absolute atomic E-state index is 11.1. The third-order valence-corrected chi connectivity index (χ3v) is 2.65. The van der Waals surface area contributed by atoms with E-state index in [4.69, 9.17) is 9.68 Å². The molecule has 2 aromatic heterocycles. The Balaban J connectivity index is 1.98. The van der Waals surface area contributed by atoms with Crippen LogP contribution in [0.2, 0.25) is 0 Å². The monoisotopic (exact) mass is 267 g/mol. The molecule has 3 rings (SSSR count). The minimum Gasteiger partial charge on any atom is -0.408 e. The van der Waals surface area contributed by atoms with Gasteiger partial charge in [-0.3, -0.25) is 4.98 Å². The van der Waals surface area contributed by atoms with Crippen molar-refractivity contribution in [3.8, 4) is 6.07 Å². The summed E-state index contributed by atoms with van der Waals surface area (Å²) in [7, 11) is 0. The molecule has 0 fully saturated rings. The van der Waals surface area contributed by atoms with Crippen LogP contribution in [-0.2, 0) is 0 Å². The Morgan fingerprint density at radius 3 is 3.00 bits per heavy atom. The molecule has 0 saturated carbocycles. The first-order chi connectivity index (χ1) is 9.64. The van der Waals surface area contributed by atoms with Crippen molar-refractivity contribution in [3.05, 3.63) is 46.3 Å². The highest BCUT2D eigenvalue weighted by molar-refractivity contribution is 5.78. The van der Waals surface area contributed by atoms with E-state index in [2.05, 4.69) is 20.3 Å². The molecule has 7 heteroatoms. The number of aromatic nitrogens is 3. The molecule has 98 valence electrons. The van der Waals surface area contributed by atoms with E-state index in [9.17, 15) is 4.79 Å². The van der Waals surface area contributed by atoms with E-state index < -0.39 is 5.76 Å². The van der Waals surface area contributed by atoms with E-state index in [1.807, 2.05) is 6.07 Å². The second-order valence-electron chi connectivity index (χ2n) is 4.15. The van der Waals surface area contributed by atoms with Crippen LogP contribution in [0.5, 0.6) is 0 Å². The summed E-state index contributed by atoms with van der Waals surface area (Å²) in [4.78, 5) is 21.8. The van der Waals surface area contributed by atoms with Gasteiger partial charge in [0, 0.05) is 17.8 Å². The molecule has 0 atom stereocenters. The molecule has 7 nitrogen and oxygen atoms in total. The quantitative estimate of drug-likeness (QED) is 0.733. The predicted molar refractivity (Wildman–Crippen MR) is 71.6 cm³/mol. The van der Waals surface area contributed by atoms with Gasteiger partial charge in [-0.25, -0.2) is 14.8 Å². The van der Waals surface area contributed by atoms with Crippen LogP contribution in [-0.4, -0.2) is 15.0 Å². The SMILES string of the molecule is Cc1nc(C#N)cc(Nc2ccc3[nH]c(=O)oc3c2)n1. The number of oxazole rings is 1. The number of anilines is 2. The Morgan fingerprint density at radius 1 is 1.35 bits per heavy atom. The van der Waals surface area contributed by atoms with E-state index in [-0.39, 0.29) is 5.69 Å². The third kappa shape index (κ3) is 2.22. The molecule has 0 unspecified atom stereocenters. The van der Waals surface area contributed by atoms with Gasteiger partial charge in [0.15, 0.2) is 5.58 Å². The van der Waals surface area contributed by atoms with Crippen molar-refractivity contribution < 1.29 is 4.42 Å². The van der Waals surface area contributed by atoms with Crippen molar-refractivity contribution in [2.24, 2.45) is 0 Å². The molecule has 0 spiro atoms. The summed E-state index contributed by atoms with van der Waals surface area (Å²) in [5.74, 6) is 0.508. The third-order valence-electron chi connectivity index (χ3n) is 2.65. The molecule has 0 amide bonds. The van der Waals surface area contributed by atoms with Crippen LogP contribution in [0, 0.1) is 18.3 Å². The first kappa shape index (κ1) is 11.9. The van der Waals surface area contributed by atoms with Crippen LogP contribution in [0.25, 0.3) is 11.1 Å². The largest absolute Gasteiger partial charge is 0.417 e. The van der Waals surface area contributed by atoms with Gasteiger partial charge in [0.1, 0.15) is 23.4 Å². The van der Waals surface area contributed by atoms with Gasteiger partial charge >= 0.3 is 5.76 Å². The van der Waals surface area contributed by atoms with Gasteiger partial charge in [-0.15, -0.1) is 0 Å². The number of H-pyrrole nitrogens is 1. The minimum absolute atomic E-state index is 0.286. The lowest BCUT2D eigenvalue weighted by atomic mass is 10.3. The van der Waals surface area contributed by atoms with E-state index >= 15 is 0 Å². The number of hydrogen-bond acceptors (Lipinski definition) is 6. The number of fused-ring (bicyclic) bond motifs is 1. The highest BCUT2D eigenvalue weighted by Gasteiger charge is 2.05. The zero-order valence-corrected chi connectivity index (χ0v) is 10.5. The number of nitrogens with one attached hydrogen (secondary N) is 2. The normalized spacial score (nSPS) is 10.4. The lowest BCUT2D eigenvalue weighted by Crippen LogP contribution is -1.98. The van der Waals surface area contributed by atoms with Crippen molar-refractivity contribution in [1.29, 1.82) is 5.26 Å². The molecule has 3 aromatic rings. The highest BCUT2D eigenvalue weighted by atomic mass is 16.4. The van der Waals surface area contributed by atoms with Crippen molar-refractivity contribution in [2.75, 3.05) is 5.32 Å². The van der Waals surface area contributed by atoms with Crippen LogP contribution >= 0.6 is 0 Å². The standard InChI is InChI=1S/C13H9N5O2/c1-7-15-9(6-14)5-12(16-7)17-8-2-3-10-11(4-8)20-13(19)18-10/h2-5H,1H3,(H,18,19)(H,15,16,17). The Kier molecular flexibility index (Phi) is 2.69. The summed E-state index contributed by atoms with van der Waals surface area (Å²) in [6, 6.07) is 8.69. The van der Waals surface area contributed by atoms with Crippen molar-refractivity contribution in [3.63, 3.8) is 0 Å². The van der Waals surface area contributed by atoms with Gasteiger partial charge in [0.25, 0.3) is 0 Å². The fourth-order valence-electron chi connectivity index (χ4n) is 1.86. The molecular formula is C13H9N5O2. The number of nitrogens with zero attached hydrogens (tertiary/aromatic N) is 3. The molecule has 0 aliphatic carbocycles. The molecule has 1 aromatic carbocycles. The molecule has 2 heterocycles. The summed E-state index contributed by atoms with van der Waals surface area (Å²) in [6.45, 7) is 1.71. The second-order valence-corrected chi connectivity index (χ2v) is 4.15. The molecule has 0 aliphatic rings. The van der Waals surface area contributed by atoms with Crippen LogP contribution in [0.4, 0.5) is 11.5 Å². The van der Waals surface area contributed by atoms with Crippen molar-refractivity contribution in [2.45, 2.75) is 6.92 Å². The Bertz CT molecular complexity index is 888. The number of aromatic amines is 1. The number of aryl methyl sites for hydroxylation is 1. The van der Waals surface area contributed by atoms with Crippen LogP contribution in [0.1, 0.15) is 11.5 Å². The fourth-order valence-corrected chi connectivity index (χ4v) is 1.86. The van der Waals surface area contributed by atoms with Crippen LogP contribution < -0.4 is 11.1 Å². The molecule has 20 heavy (non-hydrogen) atoms. The van der Waals surface area contributed by atoms with Gasteiger partial charge in [-0.2, -0.15) is 5.26 Å². The highest BCUT2D eigenvalue weighted by Crippen LogP contribution is 2.20. The van der Waals surface area contributed by atoms with E-state index in [0.29, 0.717) is 28.4 Å². The summed E-state index contributed by atoms with van der Waals surface area (Å²) in [5.41, 5.74) is 2.06. The van der Waals surface area contributed by atoms with E-state index in [1.54, 1.807) is 31.2 Å². The number of rotatable bonds is 2. The van der Waals surface area contributed by atoms with Gasteiger partial charge in [-0.05, 0) is 19.1 Å². The zero-order valence-electron chi connectivity index (χ0n) is 10.5. The number of hydrogen-bond donors (Lipinski definition) is 2. The van der Waals surface area contributed by atoms with E-state index in [1.165, 1.54) is 0 Å². The van der Waals surface area contributed by atoms with Crippen molar-refractivity contribution >= 4 is 22.6 Å². The first-order valence-corrected chi connectivity index (χ1v) is 5.80. The topological polar surface area (TPSA) is 108 Å². The smallest absolute Gasteiger partial charge is 0.408 e. The molecule has 0 radical (unpaired) electrons. The van der Waals surface area contributed by atoms with Crippen LogP contribution in [0.3, 0.4) is 0 Å². The van der Waals surface area contributed by atoms with E-state index in [0.717, 1.165) is 0 Å². The molecular weight excluding hydrogens is 258 g/mol. The molecule has 2 N–H and O–H groups in total. The Hall–Kier alpha value is -3.14. The summed E-state index contributed by atoms with van der Waals surface area (Å²) in [5, 5.41) is 11.9. The lowest BCUT2D eigenvalue weighted by Gasteiger charge is -2.06. The van der Waals surface area contributed by atoms with Crippen molar-refractivity contribution in [1.82, 2.24) is 15.0 Å². The predicted octanol–water partition coefficient (Wildman–Crippen LogP) is 1.83. The molecule has 0 saturated heterocycles. The summed E-state index contributed by atoms with van der Waals surface area (Å²) in [6.07, 6.45) is 0. The molecule has 0 aliphatic heterocycles. The average molecular weight is 267 g/mol. The van der Waals surface area contributed by atoms with Gasteiger partial charge in [0.05, 0.1) is 5.52 Å². The maximum Gasteiger partial charge on any atom is 0.417 e. The Labute approximate surface area is 112 Å². The summed E-state index contributed by atoms with van der Waals surface area (Å²) >= 11 is 0. The molecule has 0 bridgehead atoms. The first-order valence-electron chi connectivity index (χ1n) is 5.80. The van der Waals surface area contributed by atoms with Gasteiger partial charge in [0.2, 0.25) is 0 Å². The Morgan fingerprint density at radius 2 is 2.20 bits per heavy atom. The zero-order chi connectivity index (χ0) is 14.1. The number of nitriles is 1. The van der Waals surface area contributed by atoms with Crippen LogP contribution in [0.15, 0.2) is 33.5 Å². The van der Waals surface area contributed by atoms with Gasteiger partial charge in [-0.1, -0.05) is 0 Å². The maximum atomic E-state index is 11.1. The van der Waals surface area contributed by atoms with Gasteiger partial charge < -0.3 is 9.73 Å². The minimum atomic E-state index is -0.498. The lowest BCUT2D eigenvalue weighted by molar-refractivity contribution is 0.555. The second kappa shape index (κ2) is 4.51. The summed E-state index contributed by atoms with van der Waals surface area (Å²) < 4.78 is 4.98. The average Bonchev–Trinajstić information content (AvgIpc) is 2.77.